The molecule has 2 amide bonds. The first-order valence-corrected chi connectivity index (χ1v) is 10.3. The number of fused-ring (bicyclic) bond motifs is 2. The average Bonchev–Trinajstić information content (AvgIpc) is 3.32. The summed E-state index contributed by atoms with van der Waals surface area (Å²) in [6.07, 6.45) is 3.41. The Labute approximate surface area is 160 Å². The van der Waals surface area contributed by atoms with Crippen molar-refractivity contribution in [2.75, 3.05) is 5.32 Å². The minimum Gasteiger partial charge on any atom is -0.348 e. The van der Waals surface area contributed by atoms with Gasteiger partial charge in [-0.15, -0.1) is 11.3 Å². The third-order valence-electron chi connectivity index (χ3n) is 4.73. The van der Waals surface area contributed by atoms with Crippen LogP contribution in [-0.2, 0) is 4.79 Å². The summed E-state index contributed by atoms with van der Waals surface area (Å²) in [5.74, 6) is 0.427. The van der Waals surface area contributed by atoms with E-state index < -0.39 is 0 Å². The molecule has 8 heteroatoms. The van der Waals surface area contributed by atoms with E-state index in [1.807, 2.05) is 29.6 Å². The summed E-state index contributed by atoms with van der Waals surface area (Å²) in [6, 6.07) is 8.81. The molecule has 1 aromatic carbocycles. The number of thiazole rings is 1. The number of nitrogens with zero attached hydrogens (tertiary/aromatic N) is 1. The molecule has 3 N–H and O–H groups in total. The zero-order chi connectivity index (χ0) is 18.1. The van der Waals surface area contributed by atoms with Gasteiger partial charge < -0.3 is 16.0 Å². The summed E-state index contributed by atoms with van der Waals surface area (Å²) >= 11 is 2.99. The summed E-state index contributed by atoms with van der Waals surface area (Å²) in [5.41, 5.74) is 0.676. The van der Waals surface area contributed by atoms with Crippen molar-refractivity contribution >= 4 is 40.7 Å². The van der Waals surface area contributed by atoms with Crippen molar-refractivity contribution in [3.05, 3.63) is 35.2 Å². The first-order valence-electron chi connectivity index (χ1n) is 8.65. The highest BCUT2D eigenvalue weighted by Crippen LogP contribution is 2.32. The number of carbonyl (C=O) groups is 2. The van der Waals surface area contributed by atoms with Crippen molar-refractivity contribution in [1.29, 1.82) is 0 Å². The molecule has 0 aliphatic carbocycles. The number of nitrogens with one attached hydrogen (secondary N) is 3. The van der Waals surface area contributed by atoms with Crippen LogP contribution < -0.4 is 16.0 Å². The van der Waals surface area contributed by atoms with Crippen LogP contribution in [0, 0.1) is 0 Å². The summed E-state index contributed by atoms with van der Waals surface area (Å²) in [7, 11) is 0. The van der Waals surface area contributed by atoms with E-state index >= 15 is 0 Å². The van der Waals surface area contributed by atoms with Gasteiger partial charge in [0, 0.05) is 40.9 Å². The maximum atomic E-state index is 12.5. The van der Waals surface area contributed by atoms with Crippen molar-refractivity contribution in [3.63, 3.8) is 0 Å². The van der Waals surface area contributed by atoms with Gasteiger partial charge in [0.1, 0.15) is 5.82 Å². The maximum absolute atomic E-state index is 12.5. The van der Waals surface area contributed by atoms with Crippen molar-refractivity contribution in [1.82, 2.24) is 15.6 Å². The number of rotatable bonds is 5. The van der Waals surface area contributed by atoms with E-state index in [4.69, 9.17) is 0 Å². The third-order valence-corrected chi connectivity index (χ3v) is 6.67. The number of hydrogen-bond acceptors (Lipinski definition) is 6. The molecule has 3 atom stereocenters. The average molecular weight is 389 g/mol. The van der Waals surface area contributed by atoms with E-state index in [1.165, 1.54) is 36.4 Å². The molecule has 4 rings (SSSR count). The van der Waals surface area contributed by atoms with Gasteiger partial charge in [-0.1, -0.05) is 11.8 Å². The van der Waals surface area contributed by atoms with E-state index in [9.17, 15) is 9.59 Å². The molecule has 0 unspecified atom stereocenters. The van der Waals surface area contributed by atoms with Crippen LogP contribution in [-0.4, -0.2) is 34.9 Å². The topological polar surface area (TPSA) is 83.1 Å². The molecule has 2 fully saturated rings. The van der Waals surface area contributed by atoms with E-state index in [-0.39, 0.29) is 17.9 Å². The van der Waals surface area contributed by atoms with Crippen molar-refractivity contribution in [3.8, 4) is 0 Å². The summed E-state index contributed by atoms with van der Waals surface area (Å²) < 4.78 is 0.846. The van der Waals surface area contributed by atoms with Crippen LogP contribution in [0.4, 0.5) is 5.82 Å². The van der Waals surface area contributed by atoms with Crippen LogP contribution >= 0.6 is 23.1 Å². The molecule has 2 aliphatic heterocycles. The maximum Gasteiger partial charge on any atom is 0.251 e. The predicted molar refractivity (Wildman–Crippen MR) is 103 cm³/mol. The van der Waals surface area contributed by atoms with Gasteiger partial charge >= 0.3 is 0 Å². The van der Waals surface area contributed by atoms with Gasteiger partial charge in [0.2, 0.25) is 5.91 Å². The lowest BCUT2D eigenvalue weighted by atomic mass is 9.95. The van der Waals surface area contributed by atoms with E-state index in [2.05, 4.69) is 20.9 Å². The number of hydrogen-bond donors (Lipinski definition) is 3. The SMILES string of the molecule is CC(=O)Nc1csc(Sc2ccc(C(=O)N[C@@H]3C[C@H]4CC[C@@H]3N4)cc2)n1. The predicted octanol–water partition coefficient (Wildman–Crippen LogP) is 2.88. The van der Waals surface area contributed by atoms with Crippen LogP contribution in [0.25, 0.3) is 0 Å². The molecule has 26 heavy (non-hydrogen) atoms. The van der Waals surface area contributed by atoms with Crippen LogP contribution in [0.5, 0.6) is 0 Å². The zero-order valence-electron chi connectivity index (χ0n) is 14.3. The Kier molecular flexibility index (Phi) is 4.97. The quantitative estimate of drug-likeness (QED) is 0.734. The monoisotopic (exact) mass is 388 g/mol. The fraction of sp³-hybridized carbons (Fsp3) is 0.389. The number of aromatic nitrogens is 1. The van der Waals surface area contributed by atoms with Gasteiger partial charge in [-0.25, -0.2) is 4.98 Å². The minimum atomic E-state index is -0.132. The Hall–Kier alpha value is -1.90. The Balaban J connectivity index is 1.35. The normalized spacial score (nSPS) is 23.8. The molecule has 0 radical (unpaired) electrons. The van der Waals surface area contributed by atoms with E-state index in [0.29, 0.717) is 23.5 Å². The summed E-state index contributed by atoms with van der Waals surface area (Å²) in [4.78, 5) is 28.9. The molecule has 3 heterocycles. The molecule has 2 saturated heterocycles. The number of anilines is 1. The summed E-state index contributed by atoms with van der Waals surface area (Å²) in [5, 5.41) is 11.2. The van der Waals surface area contributed by atoms with Gasteiger partial charge in [0.05, 0.1) is 0 Å². The molecule has 6 nitrogen and oxygen atoms in total. The highest BCUT2D eigenvalue weighted by atomic mass is 32.2. The molecular formula is C18H20N4O2S2. The second-order valence-electron chi connectivity index (χ2n) is 6.67. The molecule has 0 saturated carbocycles. The molecular weight excluding hydrogens is 368 g/mol. The number of benzene rings is 1. The number of carbonyl (C=O) groups excluding carboxylic acids is 2. The fourth-order valence-electron chi connectivity index (χ4n) is 3.55. The second kappa shape index (κ2) is 7.38. The van der Waals surface area contributed by atoms with Crippen LogP contribution in [0.1, 0.15) is 36.5 Å². The van der Waals surface area contributed by atoms with Gasteiger partial charge in [0.15, 0.2) is 4.34 Å². The van der Waals surface area contributed by atoms with Crippen molar-refractivity contribution < 1.29 is 9.59 Å². The van der Waals surface area contributed by atoms with Crippen molar-refractivity contribution in [2.24, 2.45) is 0 Å². The number of amides is 2. The Morgan fingerprint density at radius 1 is 1.27 bits per heavy atom. The molecule has 2 aliphatic rings. The van der Waals surface area contributed by atoms with Gasteiger partial charge in [-0.2, -0.15) is 0 Å². The lowest BCUT2D eigenvalue weighted by Gasteiger charge is -2.21. The van der Waals surface area contributed by atoms with Crippen molar-refractivity contribution in [2.45, 2.75) is 53.5 Å². The zero-order valence-corrected chi connectivity index (χ0v) is 16.0. The van der Waals surface area contributed by atoms with Crippen LogP contribution in [0.2, 0.25) is 0 Å². The highest BCUT2D eigenvalue weighted by Gasteiger charge is 2.39. The smallest absolute Gasteiger partial charge is 0.251 e. The third kappa shape index (κ3) is 3.92. The Morgan fingerprint density at radius 3 is 2.73 bits per heavy atom. The second-order valence-corrected chi connectivity index (χ2v) is 8.85. The molecule has 2 aromatic rings. The van der Waals surface area contributed by atoms with E-state index in [1.54, 1.807) is 0 Å². The minimum absolute atomic E-state index is 0.0110. The van der Waals surface area contributed by atoms with E-state index in [0.717, 1.165) is 22.1 Å². The first-order chi connectivity index (χ1) is 12.6. The van der Waals surface area contributed by atoms with Crippen LogP contribution in [0.15, 0.2) is 38.9 Å². The fourth-order valence-corrected chi connectivity index (χ4v) is 5.27. The highest BCUT2D eigenvalue weighted by molar-refractivity contribution is 8.01. The van der Waals surface area contributed by atoms with Crippen LogP contribution in [0.3, 0.4) is 0 Å². The Bertz CT molecular complexity index is 821. The van der Waals surface area contributed by atoms with Gasteiger partial charge in [0.25, 0.3) is 5.91 Å². The van der Waals surface area contributed by atoms with Gasteiger partial charge in [-0.3, -0.25) is 9.59 Å². The standard InChI is InChI=1S/C18H20N4O2S2/c1-10(23)19-16-9-25-18(22-16)26-13-5-2-11(3-6-13)17(24)21-15-8-12-4-7-14(15)20-12/h2-3,5-6,9,12,14-15,20H,4,7-8H2,1H3,(H,19,23)(H,21,24)/t12-,14+,15-/m1/s1. The first kappa shape index (κ1) is 17.5. The lowest BCUT2D eigenvalue weighted by molar-refractivity contribution is -0.114. The Morgan fingerprint density at radius 2 is 2.08 bits per heavy atom. The summed E-state index contributed by atoms with van der Waals surface area (Å²) in [6.45, 7) is 1.46. The molecule has 0 spiro atoms. The molecule has 1 aromatic heterocycles. The van der Waals surface area contributed by atoms with Gasteiger partial charge in [-0.05, 0) is 43.5 Å². The molecule has 136 valence electrons. The lowest BCUT2D eigenvalue weighted by Crippen LogP contribution is -2.42. The largest absolute Gasteiger partial charge is 0.348 e. The molecule has 2 bridgehead atoms.